The molecule has 1 fully saturated rings. The smallest absolute Gasteiger partial charge is 0.264 e. The minimum Gasteiger partial charge on any atom is -0.354 e. The van der Waals surface area contributed by atoms with E-state index in [9.17, 15) is 22.8 Å². The molecule has 1 saturated carbocycles. The number of nitrogens with one attached hydrogen (secondary N) is 5. The number of benzene rings is 3. The molecule has 3 amide bonds. The molecule has 1 aliphatic rings. The van der Waals surface area contributed by atoms with Gasteiger partial charge in [-0.2, -0.15) is 5.10 Å². The van der Waals surface area contributed by atoms with Crippen molar-refractivity contribution in [3.05, 3.63) is 114 Å². The van der Waals surface area contributed by atoms with Crippen molar-refractivity contribution in [2.75, 3.05) is 24.4 Å². The Kier molecular flexibility index (Phi) is 11.2. The lowest BCUT2D eigenvalue weighted by Crippen LogP contribution is -2.49. The summed E-state index contributed by atoms with van der Waals surface area (Å²) in [5.74, 6) is -0.557. The topological polar surface area (TPSA) is 165 Å². The fourth-order valence-corrected chi connectivity index (χ4v) is 6.28. The van der Waals surface area contributed by atoms with Gasteiger partial charge >= 0.3 is 0 Å². The van der Waals surface area contributed by atoms with Gasteiger partial charge in [-0.15, -0.1) is 0 Å². The highest BCUT2D eigenvalue weighted by Gasteiger charge is 2.26. The largest absolute Gasteiger partial charge is 0.354 e. The molecule has 12 nitrogen and oxygen atoms in total. The predicted octanol–water partition coefficient (Wildman–Crippen LogP) is 3.01. The normalized spacial score (nSPS) is 14.0. The Morgan fingerprint density at radius 1 is 0.917 bits per heavy atom. The van der Waals surface area contributed by atoms with Crippen molar-refractivity contribution >= 4 is 33.4 Å². The summed E-state index contributed by atoms with van der Waals surface area (Å²) in [5, 5.41) is 18.8. The van der Waals surface area contributed by atoms with Crippen LogP contribution in [-0.2, 0) is 27.8 Å². The number of anilines is 1. The second-order valence-electron chi connectivity index (χ2n) is 12.0. The number of sulfonamides is 1. The molecule has 2 atom stereocenters. The first kappa shape index (κ1) is 34.3. The first-order valence-corrected chi connectivity index (χ1v) is 17.4. The molecule has 0 aliphatic heterocycles. The van der Waals surface area contributed by atoms with Crippen LogP contribution in [0.2, 0.25) is 0 Å². The zero-order valence-corrected chi connectivity index (χ0v) is 27.8. The number of amides is 3. The number of aromatic nitrogens is 2. The molecule has 13 heteroatoms. The van der Waals surface area contributed by atoms with Crippen LogP contribution in [0.4, 0.5) is 5.69 Å². The molecular formula is C35H41N7O5S. The Balaban J connectivity index is 1.39. The van der Waals surface area contributed by atoms with Gasteiger partial charge in [0.05, 0.1) is 28.9 Å². The van der Waals surface area contributed by atoms with E-state index in [4.69, 9.17) is 0 Å². The Morgan fingerprint density at radius 2 is 1.58 bits per heavy atom. The number of hydrogen-bond donors (Lipinski definition) is 5. The fraction of sp³-hybridized carbons (Fsp3) is 0.314. The number of aromatic amines is 1. The van der Waals surface area contributed by atoms with Gasteiger partial charge in [-0.3, -0.25) is 23.8 Å². The van der Waals surface area contributed by atoms with Crippen molar-refractivity contribution in [1.29, 1.82) is 0 Å². The van der Waals surface area contributed by atoms with E-state index in [0.29, 0.717) is 24.6 Å². The molecule has 5 rings (SSSR count). The molecular weight excluding hydrogens is 630 g/mol. The molecule has 0 spiro atoms. The summed E-state index contributed by atoms with van der Waals surface area (Å²) in [4.78, 5) is 39.9. The van der Waals surface area contributed by atoms with Crippen LogP contribution in [0.1, 0.15) is 51.7 Å². The zero-order valence-electron chi connectivity index (χ0n) is 27.0. The summed E-state index contributed by atoms with van der Waals surface area (Å²) >= 11 is 0. The summed E-state index contributed by atoms with van der Waals surface area (Å²) in [6, 6.07) is 22.7. The molecule has 252 valence electrons. The van der Waals surface area contributed by atoms with Crippen molar-refractivity contribution in [3.8, 4) is 0 Å². The number of nitrogens with zero attached hydrogens (tertiary/aromatic N) is 2. The molecule has 0 unspecified atom stereocenters. The minimum absolute atomic E-state index is 0.0659. The van der Waals surface area contributed by atoms with E-state index in [0.717, 1.165) is 22.7 Å². The first-order chi connectivity index (χ1) is 23.1. The lowest BCUT2D eigenvalue weighted by atomic mass is 10.0. The molecule has 1 aromatic heterocycles. The van der Waals surface area contributed by atoms with E-state index >= 15 is 0 Å². The summed E-state index contributed by atoms with van der Waals surface area (Å²) in [6.07, 6.45) is 4.37. The van der Waals surface area contributed by atoms with Crippen molar-refractivity contribution in [2.24, 2.45) is 5.92 Å². The van der Waals surface area contributed by atoms with Crippen molar-refractivity contribution < 1.29 is 22.8 Å². The van der Waals surface area contributed by atoms with Crippen LogP contribution in [0.3, 0.4) is 0 Å². The molecule has 3 aromatic carbocycles. The second kappa shape index (κ2) is 15.7. The number of carbonyl (C=O) groups excluding carboxylic acids is 3. The summed E-state index contributed by atoms with van der Waals surface area (Å²) in [5.41, 5.74) is 1.92. The maximum Gasteiger partial charge on any atom is 0.264 e. The maximum atomic E-state index is 13.9. The summed E-state index contributed by atoms with van der Waals surface area (Å²) in [6.45, 7) is 2.86. The van der Waals surface area contributed by atoms with Crippen molar-refractivity contribution in [3.63, 3.8) is 0 Å². The average Bonchev–Trinajstić information content (AvgIpc) is 3.79. The van der Waals surface area contributed by atoms with E-state index in [1.165, 1.54) is 37.4 Å². The second-order valence-corrected chi connectivity index (χ2v) is 14.0. The molecule has 48 heavy (non-hydrogen) atoms. The van der Waals surface area contributed by atoms with E-state index in [-0.39, 0.29) is 40.7 Å². The van der Waals surface area contributed by atoms with Crippen LogP contribution >= 0.6 is 0 Å². The number of rotatable bonds is 16. The molecule has 0 saturated heterocycles. The highest BCUT2D eigenvalue weighted by molar-refractivity contribution is 7.92. The van der Waals surface area contributed by atoms with E-state index in [2.05, 4.69) is 31.5 Å². The van der Waals surface area contributed by atoms with E-state index < -0.39 is 33.9 Å². The number of H-pyrrole nitrogens is 1. The van der Waals surface area contributed by atoms with Crippen molar-refractivity contribution in [2.45, 2.75) is 49.7 Å². The fourth-order valence-electron chi connectivity index (χ4n) is 5.08. The van der Waals surface area contributed by atoms with Gasteiger partial charge in [0.2, 0.25) is 5.91 Å². The highest BCUT2D eigenvalue weighted by Crippen LogP contribution is 2.27. The van der Waals surface area contributed by atoms with E-state index in [1.54, 1.807) is 37.4 Å². The molecule has 4 aromatic rings. The van der Waals surface area contributed by atoms with Gasteiger partial charge in [0.1, 0.15) is 0 Å². The number of hydrogen-bond acceptors (Lipinski definition) is 7. The van der Waals surface area contributed by atoms with Crippen LogP contribution < -0.4 is 25.6 Å². The lowest BCUT2D eigenvalue weighted by Gasteiger charge is -2.24. The quantitative estimate of drug-likeness (QED) is 0.122. The predicted molar refractivity (Wildman–Crippen MR) is 183 cm³/mol. The molecule has 5 N–H and O–H groups in total. The zero-order chi connectivity index (χ0) is 34.1. The highest BCUT2D eigenvalue weighted by atomic mass is 32.2. The number of carbonyl (C=O) groups is 3. The van der Waals surface area contributed by atoms with Crippen LogP contribution in [0.15, 0.2) is 96.0 Å². The van der Waals surface area contributed by atoms with Gasteiger partial charge in [-0.25, -0.2) is 8.42 Å². The minimum atomic E-state index is -4.01. The van der Waals surface area contributed by atoms with Gasteiger partial charge < -0.3 is 21.3 Å². The SMILES string of the molecule is C[C@H](NC[C@H](Cc1ccccc1)NC(=O)c1cc(C(=O)NCc2cc[nH]n2)cc(N(C)S(=O)(=O)c2ccccc2)c1)C(=O)NCC1CC1. The Morgan fingerprint density at radius 3 is 2.23 bits per heavy atom. The van der Waals surface area contributed by atoms with Crippen LogP contribution in [-0.4, -0.2) is 68.6 Å². The molecule has 0 bridgehead atoms. The molecule has 0 radical (unpaired) electrons. The van der Waals surface area contributed by atoms with Gasteiger partial charge in [0.25, 0.3) is 21.8 Å². The summed E-state index contributed by atoms with van der Waals surface area (Å²) < 4.78 is 28.1. The maximum absolute atomic E-state index is 13.9. The molecule has 1 heterocycles. The van der Waals surface area contributed by atoms with Gasteiger partial charge in [0.15, 0.2) is 0 Å². The lowest BCUT2D eigenvalue weighted by molar-refractivity contribution is -0.122. The molecule has 1 aliphatic carbocycles. The van der Waals surface area contributed by atoms with Crippen LogP contribution in [0.5, 0.6) is 0 Å². The van der Waals surface area contributed by atoms with Crippen LogP contribution in [0.25, 0.3) is 0 Å². The van der Waals surface area contributed by atoms with Crippen molar-refractivity contribution in [1.82, 2.24) is 31.5 Å². The monoisotopic (exact) mass is 671 g/mol. The average molecular weight is 672 g/mol. The third-order valence-corrected chi connectivity index (χ3v) is 9.98. The third kappa shape index (κ3) is 9.29. The standard InChI is InChI=1S/C35H41N7O5S/c1-24(33(43)37-21-26-13-14-26)36-23-30(17-25-9-5-3-6-10-25)40-35(45)28-18-27(34(44)38-22-29-15-16-39-41-29)19-31(20-28)42(2)48(46,47)32-11-7-4-8-12-32/h3-12,15-16,18-20,24,26,30,36H,13-14,17,21-23H2,1-2H3,(H,37,43)(H,38,44)(H,39,41)(H,40,45)/t24-,30-/m0/s1. The Labute approximate surface area is 280 Å². The van der Waals surface area contributed by atoms with Gasteiger partial charge in [-0.1, -0.05) is 48.5 Å². The van der Waals surface area contributed by atoms with Gasteiger partial charge in [-0.05, 0) is 74.1 Å². The van der Waals surface area contributed by atoms with Crippen LogP contribution in [0, 0.1) is 5.92 Å². The van der Waals surface area contributed by atoms with E-state index in [1.807, 2.05) is 30.3 Å². The first-order valence-electron chi connectivity index (χ1n) is 15.9. The summed E-state index contributed by atoms with van der Waals surface area (Å²) in [7, 11) is -2.64. The third-order valence-electron chi connectivity index (χ3n) is 8.18. The Bertz CT molecular complexity index is 1800. The van der Waals surface area contributed by atoms with Gasteiger partial charge in [0, 0.05) is 43.5 Å². The Hall–Kier alpha value is -5.01.